The maximum atomic E-state index is 11.3. The summed E-state index contributed by atoms with van der Waals surface area (Å²) >= 11 is 5.96. The molecule has 0 radical (unpaired) electrons. The minimum Gasteiger partial charge on any atom is -0.337 e. The molecule has 0 aliphatic carbocycles. The van der Waals surface area contributed by atoms with Crippen molar-refractivity contribution in [3.8, 4) is 0 Å². The summed E-state index contributed by atoms with van der Waals surface area (Å²) in [7, 11) is 0. The normalized spacial score (nSPS) is 17.4. The zero-order valence-corrected chi connectivity index (χ0v) is 11.4. The number of benzene rings is 2. The number of fused-ring (bicyclic) bond motifs is 1. The summed E-state index contributed by atoms with van der Waals surface area (Å²) in [6.07, 6.45) is 1.87. The van der Waals surface area contributed by atoms with Crippen molar-refractivity contribution in [2.45, 2.75) is 19.4 Å². The minimum absolute atomic E-state index is 0.345. The standard InChI is InChI=1S/C16H14ClNO/c1-11-8-12-4-2-3-5-15(12)18(11)16-7-6-14(17)9-13(16)10-19/h2-7,9-11H,8H2,1H3. The Morgan fingerprint density at radius 1 is 1.21 bits per heavy atom. The molecule has 0 aromatic heterocycles. The molecule has 0 spiro atoms. The van der Waals surface area contributed by atoms with Crippen molar-refractivity contribution in [1.82, 2.24) is 0 Å². The Morgan fingerprint density at radius 2 is 2.00 bits per heavy atom. The Balaban J connectivity index is 2.15. The number of carbonyl (C=O) groups is 1. The average molecular weight is 272 g/mol. The molecule has 0 saturated carbocycles. The van der Waals surface area contributed by atoms with Gasteiger partial charge < -0.3 is 4.90 Å². The Labute approximate surface area is 117 Å². The smallest absolute Gasteiger partial charge is 0.152 e. The lowest BCUT2D eigenvalue weighted by atomic mass is 10.1. The van der Waals surface area contributed by atoms with E-state index >= 15 is 0 Å². The van der Waals surface area contributed by atoms with Crippen LogP contribution >= 0.6 is 11.6 Å². The van der Waals surface area contributed by atoms with Gasteiger partial charge in [-0.05, 0) is 43.2 Å². The Kier molecular flexibility index (Phi) is 3.03. The molecule has 0 saturated heterocycles. The summed E-state index contributed by atoms with van der Waals surface area (Å²) in [4.78, 5) is 13.5. The Morgan fingerprint density at radius 3 is 2.79 bits per heavy atom. The number of para-hydroxylation sites is 1. The van der Waals surface area contributed by atoms with E-state index in [0.717, 1.165) is 18.4 Å². The molecule has 2 nitrogen and oxygen atoms in total. The molecule has 1 unspecified atom stereocenters. The van der Waals surface area contributed by atoms with Crippen molar-refractivity contribution in [3.63, 3.8) is 0 Å². The second-order valence-corrected chi connectivity index (χ2v) is 5.31. The lowest BCUT2D eigenvalue weighted by Crippen LogP contribution is -2.24. The number of carbonyl (C=O) groups excluding carboxylic acids is 1. The molecule has 3 rings (SSSR count). The monoisotopic (exact) mass is 271 g/mol. The number of hydrogen-bond donors (Lipinski definition) is 0. The van der Waals surface area contributed by atoms with Crippen molar-refractivity contribution in [2.24, 2.45) is 0 Å². The summed E-state index contributed by atoms with van der Waals surface area (Å²) in [5, 5.41) is 0.589. The molecule has 1 aliphatic rings. The zero-order chi connectivity index (χ0) is 13.4. The largest absolute Gasteiger partial charge is 0.337 e. The van der Waals surface area contributed by atoms with Crippen molar-refractivity contribution in [3.05, 3.63) is 58.6 Å². The molecule has 0 fully saturated rings. The molecule has 0 bridgehead atoms. The lowest BCUT2D eigenvalue weighted by Gasteiger charge is -2.26. The van der Waals surface area contributed by atoms with Crippen LogP contribution in [0.3, 0.4) is 0 Å². The van der Waals surface area contributed by atoms with Crippen LogP contribution in [0.25, 0.3) is 0 Å². The molecule has 2 aromatic carbocycles. The minimum atomic E-state index is 0.345. The van der Waals surface area contributed by atoms with Gasteiger partial charge in [0.05, 0.1) is 5.69 Å². The predicted molar refractivity (Wildman–Crippen MR) is 78.6 cm³/mol. The molecule has 96 valence electrons. The molecular weight excluding hydrogens is 258 g/mol. The highest BCUT2D eigenvalue weighted by molar-refractivity contribution is 6.31. The number of rotatable bonds is 2. The first-order chi connectivity index (χ1) is 9.20. The van der Waals surface area contributed by atoms with E-state index in [1.165, 1.54) is 11.3 Å². The zero-order valence-electron chi connectivity index (χ0n) is 10.6. The van der Waals surface area contributed by atoms with Crippen LogP contribution in [0, 0.1) is 0 Å². The van der Waals surface area contributed by atoms with Gasteiger partial charge in [0.2, 0.25) is 0 Å². The highest BCUT2D eigenvalue weighted by atomic mass is 35.5. The maximum absolute atomic E-state index is 11.3. The van der Waals surface area contributed by atoms with Gasteiger partial charge in [0.25, 0.3) is 0 Å². The number of nitrogens with zero attached hydrogens (tertiary/aromatic N) is 1. The third kappa shape index (κ3) is 2.02. The van der Waals surface area contributed by atoms with Gasteiger partial charge in [0, 0.05) is 22.3 Å². The van der Waals surface area contributed by atoms with E-state index < -0.39 is 0 Å². The Bertz CT molecular complexity index is 638. The van der Waals surface area contributed by atoms with E-state index in [4.69, 9.17) is 11.6 Å². The Hall–Kier alpha value is -1.80. The van der Waals surface area contributed by atoms with Crippen LogP contribution in [0.1, 0.15) is 22.8 Å². The van der Waals surface area contributed by atoms with E-state index in [9.17, 15) is 4.79 Å². The summed E-state index contributed by atoms with van der Waals surface area (Å²) in [6.45, 7) is 2.17. The third-order valence-electron chi connectivity index (χ3n) is 3.58. The molecular formula is C16H14ClNO. The highest BCUT2D eigenvalue weighted by Crippen LogP contribution is 2.39. The highest BCUT2D eigenvalue weighted by Gasteiger charge is 2.28. The second-order valence-electron chi connectivity index (χ2n) is 4.87. The van der Waals surface area contributed by atoms with Crippen molar-refractivity contribution in [1.29, 1.82) is 0 Å². The summed E-state index contributed by atoms with van der Waals surface area (Å²) in [5.74, 6) is 0. The van der Waals surface area contributed by atoms with E-state index in [-0.39, 0.29) is 0 Å². The lowest BCUT2D eigenvalue weighted by molar-refractivity contribution is 0.112. The fraction of sp³-hybridized carbons (Fsp3) is 0.188. The van der Waals surface area contributed by atoms with Gasteiger partial charge in [0.1, 0.15) is 0 Å². The van der Waals surface area contributed by atoms with Gasteiger partial charge in [0.15, 0.2) is 6.29 Å². The van der Waals surface area contributed by atoms with Crippen LogP contribution in [0.4, 0.5) is 11.4 Å². The maximum Gasteiger partial charge on any atom is 0.152 e. The second kappa shape index (κ2) is 4.71. The first kappa shape index (κ1) is 12.2. The SMILES string of the molecule is CC1Cc2ccccc2N1c1ccc(Cl)cc1C=O. The summed E-state index contributed by atoms with van der Waals surface area (Å²) < 4.78 is 0. The third-order valence-corrected chi connectivity index (χ3v) is 3.82. The van der Waals surface area contributed by atoms with Gasteiger partial charge in [-0.1, -0.05) is 29.8 Å². The quantitative estimate of drug-likeness (QED) is 0.762. The first-order valence-electron chi connectivity index (χ1n) is 6.32. The van der Waals surface area contributed by atoms with Crippen molar-refractivity contribution < 1.29 is 4.79 Å². The van der Waals surface area contributed by atoms with Crippen molar-refractivity contribution in [2.75, 3.05) is 4.90 Å². The van der Waals surface area contributed by atoms with Crippen LogP contribution < -0.4 is 4.90 Å². The van der Waals surface area contributed by atoms with Crippen LogP contribution in [0.15, 0.2) is 42.5 Å². The topological polar surface area (TPSA) is 20.3 Å². The molecule has 1 heterocycles. The van der Waals surface area contributed by atoms with Crippen LogP contribution in [0.2, 0.25) is 5.02 Å². The summed E-state index contributed by atoms with van der Waals surface area (Å²) in [5.41, 5.74) is 4.06. The van der Waals surface area contributed by atoms with Gasteiger partial charge in [-0.3, -0.25) is 4.79 Å². The van der Waals surface area contributed by atoms with E-state index in [1.54, 1.807) is 6.07 Å². The van der Waals surface area contributed by atoms with Gasteiger partial charge in [-0.25, -0.2) is 0 Å². The average Bonchev–Trinajstić information content (AvgIpc) is 2.74. The van der Waals surface area contributed by atoms with Crippen LogP contribution in [-0.4, -0.2) is 12.3 Å². The van der Waals surface area contributed by atoms with E-state index in [2.05, 4.69) is 30.0 Å². The fourth-order valence-electron chi connectivity index (χ4n) is 2.77. The van der Waals surface area contributed by atoms with Crippen molar-refractivity contribution >= 4 is 29.3 Å². The first-order valence-corrected chi connectivity index (χ1v) is 6.70. The number of aldehydes is 1. The van der Waals surface area contributed by atoms with Crippen LogP contribution in [0.5, 0.6) is 0 Å². The molecule has 0 amide bonds. The molecule has 1 aliphatic heterocycles. The molecule has 0 N–H and O–H groups in total. The van der Waals surface area contributed by atoms with Gasteiger partial charge in [-0.2, -0.15) is 0 Å². The van der Waals surface area contributed by atoms with E-state index in [1.807, 2.05) is 18.2 Å². The number of hydrogen-bond acceptors (Lipinski definition) is 2. The molecule has 2 aromatic rings. The molecule has 19 heavy (non-hydrogen) atoms. The fourth-order valence-corrected chi connectivity index (χ4v) is 2.95. The number of anilines is 2. The van der Waals surface area contributed by atoms with Gasteiger partial charge >= 0.3 is 0 Å². The van der Waals surface area contributed by atoms with Gasteiger partial charge in [-0.15, -0.1) is 0 Å². The molecule has 1 atom stereocenters. The summed E-state index contributed by atoms with van der Waals surface area (Å²) in [6, 6.07) is 14.1. The number of halogens is 1. The molecule has 3 heteroatoms. The predicted octanol–water partition coefficient (Wildman–Crippen LogP) is 4.24. The van der Waals surface area contributed by atoms with E-state index in [0.29, 0.717) is 16.6 Å². The van der Waals surface area contributed by atoms with Crippen LogP contribution in [-0.2, 0) is 6.42 Å².